The summed E-state index contributed by atoms with van der Waals surface area (Å²) in [6.45, 7) is 2.27. The first-order valence-electron chi connectivity index (χ1n) is 12.2. The number of fused-ring (bicyclic) bond motifs is 6. The SMILES string of the molecule is COc1cccc(OCCC23CCC(C)(O2)C2C(=O)N(c4ccc5ccccc5c4C#N)C(=O)C23)c1. The number of rotatable bonds is 6. The number of anilines is 1. The first kappa shape index (κ1) is 22.6. The smallest absolute Gasteiger partial charge is 0.240 e. The van der Waals surface area contributed by atoms with Gasteiger partial charge in [-0.15, -0.1) is 0 Å². The molecular weight excluding hydrogens is 456 g/mol. The Morgan fingerprint density at radius 2 is 1.81 bits per heavy atom. The van der Waals surface area contributed by atoms with Gasteiger partial charge in [0.2, 0.25) is 11.8 Å². The van der Waals surface area contributed by atoms with E-state index < -0.39 is 23.0 Å². The molecule has 3 fully saturated rings. The number of ether oxygens (including phenoxy) is 3. The van der Waals surface area contributed by atoms with Crippen LogP contribution >= 0.6 is 0 Å². The fourth-order valence-electron chi connectivity index (χ4n) is 6.44. The highest BCUT2D eigenvalue weighted by atomic mass is 16.5. The molecule has 6 rings (SSSR count). The molecule has 36 heavy (non-hydrogen) atoms. The molecule has 7 nitrogen and oxygen atoms in total. The van der Waals surface area contributed by atoms with Gasteiger partial charge in [-0.1, -0.05) is 36.4 Å². The Hall–Kier alpha value is -3.89. The Morgan fingerprint density at radius 3 is 2.61 bits per heavy atom. The van der Waals surface area contributed by atoms with Crippen molar-refractivity contribution < 1.29 is 23.8 Å². The molecule has 0 aromatic heterocycles. The topological polar surface area (TPSA) is 88.9 Å². The van der Waals surface area contributed by atoms with Crippen LogP contribution in [-0.4, -0.2) is 36.7 Å². The van der Waals surface area contributed by atoms with Crippen molar-refractivity contribution in [1.82, 2.24) is 0 Å². The molecule has 0 radical (unpaired) electrons. The number of carbonyl (C=O) groups is 2. The lowest BCUT2D eigenvalue weighted by molar-refractivity contribution is -0.131. The second-order valence-corrected chi connectivity index (χ2v) is 10.0. The fraction of sp³-hybridized carbons (Fsp3) is 0.345. The minimum absolute atomic E-state index is 0.283. The lowest BCUT2D eigenvalue weighted by atomic mass is 9.67. The van der Waals surface area contributed by atoms with Crippen molar-refractivity contribution in [2.24, 2.45) is 11.8 Å². The third kappa shape index (κ3) is 3.14. The Kier molecular flexibility index (Phi) is 5.06. The molecule has 0 spiro atoms. The number of methoxy groups -OCH3 is 1. The standard InChI is InChI=1S/C29H26N2O5/c1-28-12-13-29(36-28,14-15-35-20-8-5-7-19(16-20)34-2)25-24(28)26(32)31(27(25)33)23-11-10-18-6-3-4-9-21(18)22(23)17-30/h3-11,16,24-25H,12-15H2,1-2H3. The van der Waals surface area contributed by atoms with Crippen molar-refractivity contribution in [2.45, 2.75) is 37.4 Å². The number of carbonyl (C=O) groups excluding carboxylic acids is 2. The molecule has 4 atom stereocenters. The van der Waals surface area contributed by atoms with Gasteiger partial charge in [-0.05, 0) is 43.4 Å². The molecule has 0 N–H and O–H groups in total. The molecule has 3 saturated heterocycles. The molecular formula is C29H26N2O5. The van der Waals surface area contributed by atoms with Crippen LogP contribution in [0.15, 0.2) is 60.7 Å². The predicted octanol–water partition coefficient (Wildman–Crippen LogP) is 4.62. The molecule has 7 heteroatoms. The third-order valence-electron chi connectivity index (χ3n) is 8.11. The molecule has 2 amide bonds. The molecule has 3 aromatic rings. The lowest BCUT2D eigenvalue weighted by Gasteiger charge is -2.31. The van der Waals surface area contributed by atoms with Crippen LogP contribution in [0.4, 0.5) is 5.69 Å². The van der Waals surface area contributed by atoms with Crippen LogP contribution < -0.4 is 14.4 Å². The monoisotopic (exact) mass is 482 g/mol. The summed E-state index contributed by atoms with van der Waals surface area (Å²) >= 11 is 0. The van der Waals surface area contributed by atoms with Crippen LogP contribution in [0.5, 0.6) is 11.5 Å². The van der Waals surface area contributed by atoms with E-state index in [0.717, 1.165) is 10.8 Å². The zero-order chi connectivity index (χ0) is 25.1. The largest absolute Gasteiger partial charge is 0.497 e. The average molecular weight is 483 g/mol. The van der Waals surface area contributed by atoms with Crippen molar-refractivity contribution in [3.63, 3.8) is 0 Å². The van der Waals surface area contributed by atoms with E-state index in [-0.39, 0.29) is 11.8 Å². The quantitative estimate of drug-likeness (QED) is 0.477. The van der Waals surface area contributed by atoms with E-state index >= 15 is 0 Å². The van der Waals surface area contributed by atoms with E-state index in [9.17, 15) is 14.9 Å². The van der Waals surface area contributed by atoms with Gasteiger partial charge in [0.1, 0.15) is 17.6 Å². The summed E-state index contributed by atoms with van der Waals surface area (Å²) in [5.41, 5.74) is -0.801. The van der Waals surface area contributed by atoms with Gasteiger partial charge in [-0.2, -0.15) is 5.26 Å². The molecule has 4 unspecified atom stereocenters. The maximum Gasteiger partial charge on any atom is 0.240 e. The summed E-state index contributed by atoms with van der Waals surface area (Å²) in [7, 11) is 1.60. The first-order chi connectivity index (χ1) is 17.4. The summed E-state index contributed by atoms with van der Waals surface area (Å²) in [6, 6.07) is 20.7. The zero-order valence-corrected chi connectivity index (χ0v) is 20.2. The fourth-order valence-corrected chi connectivity index (χ4v) is 6.44. The number of nitriles is 1. The number of nitrogens with zero attached hydrogens (tertiary/aromatic N) is 2. The number of imide groups is 1. The highest BCUT2D eigenvalue weighted by Crippen LogP contribution is 2.62. The molecule has 3 aliphatic rings. The molecule has 3 aromatic carbocycles. The highest BCUT2D eigenvalue weighted by Gasteiger charge is 2.74. The van der Waals surface area contributed by atoms with Crippen LogP contribution in [0.1, 0.15) is 31.7 Å². The lowest BCUT2D eigenvalue weighted by Crippen LogP contribution is -2.43. The van der Waals surface area contributed by atoms with Crippen LogP contribution in [-0.2, 0) is 14.3 Å². The highest BCUT2D eigenvalue weighted by molar-refractivity contribution is 6.24. The number of benzene rings is 3. The number of amides is 2. The van der Waals surface area contributed by atoms with Crippen LogP contribution in [0, 0.1) is 23.2 Å². The average Bonchev–Trinajstić information content (AvgIpc) is 3.47. The van der Waals surface area contributed by atoms with Gasteiger partial charge in [-0.25, -0.2) is 4.90 Å². The molecule has 0 saturated carbocycles. The van der Waals surface area contributed by atoms with Crippen LogP contribution in [0.25, 0.3) is 10.8 Å². The van der Waals surface area contributed by atoms with E-state index in [1.165, 1.54) is 4.90 Å². The van der Waals surface area contributed by atoms with Gasteiger partial charge in [0, 0.05) is 17.9 Å². The number of hydrogen-bond acceptors (Lipinski definition) is 6. The Balaban J connectivity index is 1.32. The second-order valence-electron chi connectivity index (χ2n) is 10.0. The van der Waals surface area contributed by atoms with Crippen molar-refractivity contribution in [1.29, 1.82) is 5.26 Å². The minimum Gasteiger partial charge on any atom is -0.497 e. The van der Waals surface area contributed by atoms with Crippen molar-refractivity contribution >= 4 is 28.3 Å². The normalized spacial score (nSPS) is 28.4. The van der Waals surface area contributed by atoms with Gasteiger partial charge in [-0.3, -0.25) is 9.59 Å². The predicted molar refractivity (Wildman–Crippen MR) is 133 cm³/mol. The van der Waals surface area contributed by atoms with Gasteiger partial charge in [0.15, 0.2) is 0 Å². The summed E-state index contributed by atoms with van der Waals surface area (Å²) in [6.07, 6.45) is 1.86. The molecule has 2 bridgehead atoms. The summed E-state index contributed by atoms with van der Waals surface area (Å²) in [5.74, 6) is -0.376. The van der Waals surface area contributed by atoms with Crippen molar-refractivity contribution in [3.8, 4) is 17.6 Å². The summed E-state index contributed by atoms with van der Waals surface area (Å²) in [5, 5.41) is 11.6. The molecule has 3 aliphatic heterocycles. The van der Waals surface area contributed by atoms with E-state index in [0.29, 0.717) is 48.6 Å². The maximum absolute atomic E-state index is 13.9. The van der Waals surface area contributed by atoms with E-state index in [2.05, 4.69) is 6.07 Å². The Bertz CT molecular complexity index is 1450. The van der Waals surface area contributed by atoms with Gasteiger partial charge in [0.25, 0.3) is 0 Å². The van der Waals surface area contributed by atoms with Gasteiger partial charge < -0.3 is 14.2 Å². The minimum atomic E-state index is -0.774. The molecule has 0 aliphatic carbocycles. The summed E-state index contributed by atoms with van der Waals surface area (Å²) < 4.78 is 17.8. The summed E-state index contributed by atoms with van der Waals surface area (Å²) in [4.78, 5) is 28.9. The van der Waals surface area contributed by atoms with Crippen molar-refractivity contribution in [2.75, 3.05) is 18.6 Å². The van der Waals surface area contributed by atoms with E-state index in [1.807, 2.05) is 61.5 Å². The number of hydrogen-bond donors (Lipinski definition) is 0. The van der Waals surface area contributed by atoms with E-state index in [4.69, 9.17) is 14.2 Å². The van der Waals surface area contributed by atoms with E-state index in [1.54, 1.807) is 13.2 Å². The van der Waals surface area contributed by atoms with Gasteiger partial charge >= 0.3 is 0 Å². The zero-order valence-electron chi connectivity index (χ0n) is 20.2. The van der Waals surface area contributed by atoms with Gasteiger partial charge in [0.05, 0.1) is 48.0 Å². The maximum atomic E-state index is 13.9. The molecule has 3 heterocycles. The van der Waals surface area contributed by atoms with Crippen LogP contribution in [0.2, 0.25) is 0 Å². The van der Waals surface area contributed by atoms with Crippen molar-refractivity contribution in [3.05, 3.63) is 66.2 Å². The Labute approximate surface area is 209 Å². The second kappa shape index (κ2) is 8.07. The Morgan fingerprint density at radius 1 is 1.03 bits per heavy atom. The molecule has 182 valence electrons. The van der Waals surface area contributed by atoms with Crippen LogP contribution in [0.3, 0.4) is 0 Å². The first-order valence-corrected chi connectivity index (χ1v) is 12.2. The third-order valence-corrected chi connectivity index (χ3v) is 8.11.